The van der Waals surface area contributed by atoms with Gasteiger partial charge in [0.2, 0.25) is 0 Å². The van der Waals surface area contributed by atoms with Crippen LogP contribution in [0.25, 0.3) is 5.65 Å². The molecule has 3 heterocycles. The van der Waals surface area contributed by atoms with Crippen LogP contribution in [0.3, 0.4) is 0 Å². The molecule has 0 spiro atoms. The highest BCUT2D eigenvalue weighted by atomic mass is 16.3. The molecule has 0 radical (unpaired) electrons. The van der Waals surface area contributed by atoms with Crippen LogP contribution >= 0.6 is 0 Å². The van der Waals surface area contributed by atoms with Crippen LogP contribution in [0.15, 0.2) is 12.1 Å². The van der Waals surface area contributed by atoms with Gasteiger partial charge in [0.25, 0.3) is 5.91 Å². The maximum Gasteiger partial charge on any atom is 0.274 e. The molecule has 2 aromatic heterocycles. The minimum Gasteiger partial charge on any atom is -0.393 e. The lowest BCUT2D eigenvalue weighted by Gasteiger charge is -2.44. The van der Waals surface area contributed by atoms with E-state index in [9.17, 15) is 9.90 Å². The number of hydrogen-bond donors (Lipinski definition) is 1. The highest BCUT2D eigenvalue weighted by molar-refractivity contribution is 5.94. The molecule has 6 heteroatoms. The van der Waals surface area contributed by atoms with Gasteiger partial charge in [-0.25, -0.2) is 9.50 Å². The van der Waals surface area contributed by atoms with E-state index in [0.29, 0.717) is 31.0 Å². The van der Waals surface area contributed by atoms with Crippen molar-refractivity contribution >= 4 is 11.6 Å². The number of carbonyl (C=O) groups is 1. The highest BCUT2D eigenvalue weighted by Crippen LogP contribution is 2.31. The summed E-state index contributed by atoms with van der Waals surface area (Å²) >= 11 is 0. The lowest BCUT2D eigenvalue weighted by Crippen LogP contribution is -2.54. The predicted octanol–water partition coefficient (Wildman–Crippen LogP) is 5.13. The Kier molecular flexibility index (Phi) is 6.89. The fraction of sp³-hybridized carbons (Fsp3) is 0.731. The molecule has 1 aliphatic carbocycles. The summed E-state index contributed by atoms with van der Waals surface area (Å²) in [6.07, 6.45) is 10.6. The van der Waals surface area contributed by atoms with Gasteiger partial charge in [-0.2, -0.15) is 5.10 Å². The predicted molar refractivity (Wildman–Crippen MR) is 127 cm³/mol. The largest absolute Gasteiger partial charge is 0.393 e. The number of aliphatic hydroxyl groups excluding tert-OH is 1. The van der Waals surface area contributed by atoms with Crippen LogP contribution in [0, 0.1) is 5.92 Å². The van der Waals surface area contributed by atoms with E-state index in [0.717, 1.165) is 36.5 Å². The van der Waals surface area contributed by atoms with E-state index in [2.05, 4.69) is 19.9 Å². The van der Waals surface area contributed by atoms with Crippen molar-refractivity contribution in [3.63, 3.8) is 0 Å². The fourth-order valence-electron chi connectivity index (χ4n) is 5.83. The SMILES string of the molecule is CCC(CC)c1cc(CC2CCCCC2)nc2cc(C(=O)N3CCC(O)CC3(C)C)nn12. The van der Waals surface area contributed by atoms with Crippen LogP contribution < -0.4 is 0 Å². The molecule has 0 aromatic carbocycles. The molecule has 1 aliphatic heterocycles. The summed E-state index contributed by atoms with van der Waals surface area (Å²) in [5.74, 6) is 1.06. The molecule has 1 N–H and O–H groups in total. The molecule has 2 aliphatic rings. The van der Waals surface area contributed by atoms with Crippen LogP contribution in [0.4, 0.5) is 0 Å². The minimum atomic E-state index is -0.387. The Morgan fingerprint density at radius 3 is 2.53 bits per heavy atom. The van der Waals surface area contributed by atoms with E-state index in [4.69, 9.17) is 10.1 Å². The molecular formula is C26H40N4O2. The van der Waals surface area contributed by atoms with Crippen molar-refractivity contribution in [2.75, 3.05) is 6.54 Å². The number of nitrogens with zero attached hydrogens (tertiary/aromatic N) is 4. The summed E-state index contributed by atoms with van der Waals surface area (Å²) in [6, 6.07) is 4.13. The average molecular weight is 441 g/mol. The first kappa shape index (κ1) is 23.2. The summed E-state index contributed by atoms with van der Waals surface area (Å²) < 4.78 is 1.92. The van der Waals surface area contributed by atoms with E-state index < -0.39 is 0 Å². The summed E-state index contributed by atoms with van der Waals surface area (Å²) in [5.41, 5.74) is 3.19. The Bertz CT molecular complexity index is 941. The first-order chi connectivity index (χ1) is 15.3. The van der Waals surface area contributed by atoms with Crippen LogP contribution in [0.1, 0.15) is 113 Å². The standard InChI is InChI=1S/C26H40N4O2/c1-5-19(6-2)23-15-20(14-18-10-8-7-9-11-18)27-24-16-22(28-30(23)24)25(32)29-13-12-21(31)17-26(29,3)4/h15-16,18-19,21,31H,5-14,17H2,1-4H3. The summed E-state index contributed by atoms with van der Waals surface area (Å²) in [6.45, 7) is 9.05. The maximum atomic E-state index is 13.5. The second kappa shape index (κ2) is 9.50. The molecule has 1 amide bonds. The molecule has 4 rings (SSSR count). The fourth-order valence-corrected chi connectivity index (χ4v) is 5.83. The number of aromatic nitrogens is 3. The van der Waals surface area contributed by atoms with Crippen molar-refractivity contribution < 1.29 is 9.90 Å². The van der Waals surface area contributed by atoms with E-state index >= 15 is 0 Å². The zero-order valence-corrected chi connectivity index (χ0v) is 20.3. The third kappa shape index (κ3) is 4.70. The number of amides is 1. The van der Waals surface area contributed by atoms with Gasteiger partial charge in [-0.1, -0.05) is 46.0 Å². The number of piperidine rings is 1. The Morgan fingerprint density at radius 1 is 1.16 bits per heavy atom. The van der Waals surface area contributed by atoms with Crippen LogP contribution in [0.5, 0.6) is 0 Å². The van der Waals surface area contributed by atoms with Crippen molar-refractivity contribution in [3.05, 3.63) is 29.2 Å². The van der Waals surface area contributed by atoms with Crippen molar-refractivity contribution in [3.8, 4) is 0 Å². The number of hydrogen-bond acceptors (Lipinski definition) is 4. The summed E-state index contributed by atoms with van der Waals surface area (Å²) in [7, 11) is 0. The van der Waals surface area contributed by atoms with Gasteiger partial charge in [0.15, 0.2) is 11.3 Å². The Hall–Kier alpha value is -1.95. The molecule has 1 saturated heterocycles. The zero-order valence-electron chi connectivity index (χ0n) is 20.3. The van der Waals surface area contributed by atoms with Gasteiger partial charge in [-0.3, -0.25) is 4.79 Å². The van der Waals surface area contributed by atoms with Crippen LogP contribution in [0.2, 0.25) is 0 Å². The van der Waals surface area contributed by atoms with Gasteiger partial charge in [-0.15, -0.1) is 0 Å². The van der Waals surface area contributed by atoms with Crippen molar-refractivity contribution in [2.24, 2.45) is 5.92 Å². The van der Waals surface area contributed by atoms with E-state index in [-0.39, 0.29) is 17.6 Å². The van der Waals surface area contributed by atoms with Gasteiger partial charge in [0.1, 0.15) is 0 Å². The number of likely N-dealkylation sites (tertiary alicyclic amines) is 1. The van der Waals surface area contributed by atoms with Crippen molar-refractivity contribution in [2.45, 2.75) is 109 Å². The highest BCUT2D eigenvalue weighted by Gasteiger charge is 2.38. The van der Waals surface area contributed by atoms with E-state index in [1.807, 2.05) is 29.3 Å². The van der Waals surface area contributed by atoms with E-state index in [1.165, 1.54) is 37.8 Å². The Balaban J connectivity index is 1.69. The van der Waals surface area contributed by atoms with E-state index in [1.54, 1.807) is 0 Å². The van der Waals surface area contributed by atoms with Gasteiger partial charge in [0.05, 0.1) is 6.10 Å². The topological polar surface area (TPSA) is 70.7 Å². The molecule has 2 aromatic rings. The normalized spacial score (nSPS) is 22.1. The summed E-state index contributed by atoms with van der Waals surface area (Å²) in [5, 5.41) is 14.9. The lowest BCUT2D eigenvalue weighted by molar-refractivity contribution is 0.00290. The second-order valence-electron chi connectivity index (χ2n) is 10.6. The van der Waals surface area contributed by atoms with Gasteiger partial charge in [0, 0.05) is 35.5 Å². The third-order valence-electron chi connectivity index (χ3n) is 7.75. The molecule has 2 fully saturated rings. The number of aliphatic hydroxyl groups is 1. The lowest BCUT2D eigenvalue weighted by atomic mass is 9.85. The molecule has 176 valence electrons. The monoisotopic (exact) mass is 440 g/mol. The maximum absolute atomic E-state index is 13.5. The number of carbonyl (C=O) groups excluding carboxylic acids is 1. The quantitative estimate of drug-likeness (QED) is 0.676. The van der Waals surface area contributed by atoms with Crippen LogP contribution in [-0.2, 0) is 6.42 Å². The first-order valence-electron chi connectivity index (χ1n) is 12.7. The number of rotatable bonds is 6. The van der Waals surface area contributed by atoms with Gasteiger partial charge < -0.3 is 10.0 Å². The average Bonchev–Trinajstić information content (AvgIpc) is 3.18. The molecule has 6 nitrogen and oxygen atoms in total. The molecule has 1 atom stereocenters. The van der Waals surface area contributed by atoms with Crippen molar-refractivity contribution in [1.29, 1.82) is 0 Å². The molecule has 1 saturated carbocycles. The van der Waals surface area contributed by atoms with Crippen molar-refractivity contribution in [1.82, 2.24) is 19.5 Å². The minimum absolute atomic E-state index is 0.0586. The van der Waals surface area contributed by atoms with Gasteiger partial charge in [-0.05, 0) is 57.9 Å². The zero-order chi connectivity index (χ0) is 22.9. The number of fused-ring (bicyclic) bond motifs is 1. The Labute approximate surface area is 192 Å². The first-order valence-corrected chi connectivity index (χ1v) is 12.7. The smallest absolute Gasteiger partial charge is 0.274 e. The Morgan fingerprint density at radius 2 is 1.88 bits per heavy atom. The molecule has 1 unspecified atom stereocenters. The van der Waals surface area contributed by atoms with Crippen LogP contribution in [-0.4, -0.2) is 48.7 Å². The second-order valence-corrected chi connectivity index (χ2v) is 10.6. The molecule has 32 heavy (non-hydrogen) atoms. The molecule has 0 bridgehead atoms. The summed E-state index contributed by atoms with van der Waals surface area (Å²) in [4.78, 5) is 20.3. The molecular weight excluding hydrogens is 400 g/mol. The van der Waals surface area contributed by atoms with Gasteiger partial charge >= 0.3 is 0 Å². The third-order valence-corrected chi connectivity index (χ3v) is 7.75.